The van der Waals surface area contributed by atoms with Crippen LogP contribution in [0.4, 0.5) is 0 Å². The maximum Gasteiger partial charge on any atom is 0.164 e. The number of hydrogen-bond acceptors (Lipinski definition) is 4. The van der Waals surface area contributed by atoms with Gasteiger partial charge < -0.3 is 4.42 Å². The second-order valence-corrected chi connectivity index (χ2v) is 13.5. The van der Waals surface area contributed by atoms with Crippen LogP contribution in [0.5, 0.6) is 0 Å². The van der Waals surface area contributed by atoms with Crippen molar-refractivity contribution in [2.24, 2.45) is 0 Å². The maximum absolute atomic E-state index is 6.42. The molecule has 0 saturated heterocycles. The molecule has 2 aliphatic rings. The zero-order chi connectivity index (χ0) is 32.4. The fraction of sp³-hybridized carbons (Fsp3) is 0.133. The normalized spacial score (nSPS) is 14.7. The van der Waals surface area contributed by atoms with Crippen molar-refractivity contribution >= 4 is 21.9 Å². The van der Waals surface area contributed by atoms with E-state index in [0.717, 1.165) is 33.4 Å². The van der Waals surface area contributed by atoms with Gasteiger partial charge in [0.25, 0.3) is 0 Å². The monoisotopic (exact) mass is 631 g/mol. The molecule has 0 aliphatic heterocycles. The average Bonchev–Trinajstić information content (AvgIpc) is 3.67. The number of aromatic nitrogens is 3. The maximum atomic E-state index is 6.42. The Bertz CT molecular complexity index is 2510. The van der Waals surface area contributed by atoms with E-state index in [4.69, 9.17) is 19.4 Å². The summed E-state index contributed by atoms with van der Waals surface area (Å²) in [5.74, 6) is 2.01. The fourth-order valence-electron chi connectivity index (χ4n) is 8.35. The smallest absolute Gasteiger partial charge is 0.164 e. The van der Waals surface area contributed by atoms with Gasteiger partial charge in [0.1, 0.15) is 11.2 Å². The van der Waals surface area contributed by atoms with Gasteiger partial charge in [0.2, 0.25) is 0 Å². The molecule has 2 heterocycles. The van der Waals surface area contributed by atoms with Crippen LogP contribution in [0.2, 0.25) is 0 Å². The van der Waals surface area contributed by atoms with Crippen molar-refractivity contribution in [3.8, 4) is 56.4 Å². The van der Waals surface area contributed by atoms with Crippen LogP contribution in [-0.2, 0) is 5.41 Å². The molecular formula is C45H33N3O. The molecule has 6 aromatic carbocycles. The van der Waals surface area contributed by atoms with E-state index in [1.54, 1.807) is 0 Å². The molecule has 4 heteroatoms. The predicted molar refractivity (Wildman–Crippen MR) is 198 cm³/mol. The highest BCUT2D eigenvalue weighted by Gasteiger charge is 2.44. The van der Waals surface area contributed by atoms with Crippen molar-refractivity contribution in [1.29, 1.82) is 0 Å². The summed E-state index contributed by atoms with van der Waals surface area (Å²) in [5.41, 5.74) is 12.6. The van der Waals surface area contributed by atoms with E-state index in [2.05, 4.69) is 109 Å². The molecule has 49 heavy (non-hydrogen) atoms. The Morgan fingerprint density at radius 2 is 0.959 bits per heavy atom. The lowest BCUT2D eigenvalue weighted by molar-refractivity contribution is 0.353. The summed E-state index contributed by atoms with van der Waals surface area (Å²) < 4.78 is 6.42. The van der Waals surface area contributed by atoms with Gasteiger partial charge in [0, 0.05) is 32.9 Å². The van der Waals surface area contributed by atoms with Gasteiger partial charge in [0.05, 0.1) is 0 Å². The molecule has 0 amide bonds. The first-order chi connectivity index (χ1) is 24.2. The molecule has 1 spiro atoms. The summed E-state index contributed by atoms with van der Waals surface area (Å²) in [5, 5.41) is 2.39. The molecule has 0 unspecified atom stereocenters. The van der Waals surface area contributed by atoms with Crippen LogP contribution in [0.25, 0.3) is 78.4 Å². The average molecular weight is 632 g/mol. The van der Waals surface area contributed by atoms with Crippen molar-refractivity contribution in [3.05, 3.63) is 151 Å². The number of para-hydroxylation sites is 1. The Hall–Kier alpha value is -5.87. The minimum Gasteiger partial charge on any atom is -0.456 e. The van der Waals surface area contributed by atoms with E-state index < -0.39 is 0 Å². The molecule has 234 valence electrons. The zero-order valence-electron chi connectivity index (χ0n) is 27.1. The van der Waals surface area contributed by atoms with E-state index in [1.165, 1.54) is 70.7 Å². The van der Waals surface area contributed by atoms with Crippen LogP contribution in [0.1, 0.15) is 43.2 Å². The Labute approximate surface area is 285 Å². The number of rotatable bonds is 4. The number of nitrogens with zero attached hydrogens (tertiary/aromatic N) is 3. The van der Waals surface area contributed by atoms with Crippen molar-refractivity contribution < 1.29 is 4.42 Å². The minimum absolute atomic E-state index is 0.0218. The first-order valence-corrected chi connectivity index (χ1v) is 17.3. The Morgan fingerprint density at radius 3 is 1.69 bits per heavy atom. The van der Waals surface area contributed by atoms with Gasteiger partial charge in [-0.25, -0.2) is 15.0 Å². The SMILES string of the molecule is c1ccc(-c2ccc(-c3nc(-c4ccccc4)nc(-c4ccc5c(c4)-c4cc6oc7ccccc7c6cc4C54CCCCC4)n3)cc2)cc1. The summed E-state index contributed by atoms with van der Waals surface area (Å²) in [7, 11) is 0. The van der Waals surface area contributed by atoms with Crippen LogP contribution >= 0.6 is 0 Å². The third-order valence-electron chi connectivity index (χ3n) is 10.7. The van der Waals surface area contributed by atoms with E-state index in [1.807, 2.05) is 30.3 Å². The van der Waals surface area contributed by atoms with Gasteiger partial charge >= 0.3 is 0 Å². The molecule has 2 aromatic heterocycles. The van der Waals surface area contributed by atoms with Crippen molar-refractivity contribution in [1.82, 2.24) is 15.0 Å². The van der Waals surface area contributed by atoms with E-state index in [9.17, 15) is 0 Å². The van der Waals surface area contributed by atoms with Crippen molar-refractivity contribution in [3.63, 3.8) is 0 Å². The highest BCUT2D eigenvalue weighted by molar-refractivity contribution is 6.07. The number of hydrogen-bond donors (Lipinski definition) is 0. The summed E-state index contributed by atoms with van der Waals surface area (Å²) in [6.07, 6.45) is 6.11. The molecular weight excluding hydrogens is 599 g/mol. The quantitative estimate of drug-likeness (QED) is 0.194. The highest BCUT2D eigenvalue weighted by atomic mass is 16.3. The Balaban J connectivity index is 1.14. The van der Waals surface area contributed by atoms with Gasteiger partial charge in [0.15, 0.2) is 17.5 Å². The molecule has 4 nitrogen and oxygen atoms in total. The third-order valence-corrected chi connectivity index (χ3v) is 10.7. The molecule has 1 fully saturated rings. The molecule has 1 saturated carbocycles. The number of furan rings is 1. The van der Waals surface area contributed by atoms with Gasteiger partial charge in [-0.05, 0) is 70.5 Å². The standard InChI is InChI=1S/C45H33N3O/c1-4-12-29(13-5-1)30-18-20-32(21-19-30)43-46-42(31-14-6-2-7-15-31)47-44(48-43)33-22-23-38-35(26-33)36-28-41-37(34-16-8-9-17-40(34)49-41)27-39(36)45(38)24-10-3-11-25-45/h1-2,4-9,12-23,26-28H,3,10-11,24-25H2. The van der Waals surface area contributed by atoms with Gasteiger partial charge in [-0.1, -0.05) is 135 Å². The fourth-order valence-corrected chi connectivity index (χ4v) is 8.35. The first kappa shape index (κ1) is 28.2. The minimum atomic E-state index is 0.0218. The summed E-state index contributed by atoms with van der Waals surface area (Å²) in [6, 6.07) is 49.2. The van der Waals surface area contributed by atoms with Gasteiger partial charge in [-0.2, -0.15) is 0 Å². The second kappa shape index (κ2) is 11.1. The van der Waals surface area contributed by atoms with Gasteiger partial charge in [-0.3, -0.25) is 0 Å². The third kappa shape index (κ3) is 4.55. The largest absolute Gasteiger partial charge is 0.456 e. The lowest BCUT2D eigenvalue weighted by atomic mass is 9.67. The molecule has 0 N–H and O–H groups in total. The van der Waals surface area contributed by atoms with E-state index in [0.29, 0.717) is 17.5 Å². The lowest BCUT2D eigenvalue weighted by Crippen LogP contribution is -2.28. The van der Waals surface area contributed by atoms with Crippen molar-refractivity contribution in [2.45, 2.75) is 37.5 Å². The van der Waals surface area contributed by atoms with Crippen LogP contribution in [0.3, 0.4) is 0 Å². The van der Waals surface area contributed by atoms with E-state index >= 15 is 0 Å². The summed E-state index contributed by atoms with van der Waals surface area (Å²) >= 11 is 0. The van der Waals surface area contributed by atoms with E-state index in [-0.39, 0.29) is 5.41 Å². The molecule has 8 aromatic rings. The highest BCUT2D eigenvalue weighted by Crippen LogP contribution is 2.57. The van der Waals surface area contributed by atoms with Crippen molar-refractivity contribution in [2.75, 3.05) is 0 Å². The Kier molecular flexibility index (Phi) is 6.38. The molecule has 0 radical (unpaired) electrons. The topological polar surface area (TPSA) is 51.8 Å². The number of fused-ring (bicyclic) bond motifs is 8. The number of benzene rings is 6. The van der Waals surface area contributed by atoms with Crippen LogP contribution < -0.4 is 0 Å². The zero-order valence-corrected chi connectivity index (χ0v) is 27.1. The molecule has 10 rings (SSSR count). The molecule has 2 aliphatic carbocycles. The second-order valence-electron chi connectivity index (χ2n) is 13.5. The predicted octanol–water partition coefficient (Wildman–Crippen LogP) is 11.7. The summed E-state index contributed by atoms with van der Waals surface area (Å²) in [4.78, 5) is 15.2. The van der Waals surface area contributed by atoms with Crippen LogP contribution in [0, 0.1) is 0 Å². The Morgan fingerprint density at radius 1 is 0.408 bits per heavy atom. The lowest BCUT2D eigenvalue weighted by Gasteiger charge is -2.36. The van der Waals surface area contributed by atoms with Crippen LogP contribution in [-0.4, -0.2) is 15.0 Å². The molecule has 0 bridgehead atoms. The summed E-state index contributed by atoms with van der Waals surface area (Å²) in [6.45, 7) is 0. The first-order valence-electron chi connectivity index (χ1n) is 17.3. The molecule has 0 atom stereocenters. The van der Waals surface area contributed by atoms with Crippen LogP contribution in [0.15, 0.2) is 144 Å². The van der Waals surface area contributed by atoms with Gasteiger partial charge in [-0.15, -0.1) is 0 Å².